The van der Waals surface area contributed by atoms with Gasteiger partial charge in [0.2, 0.25) is 0 Å². The third-order valence-electron chi connectivity index (χ3n) is 3.47. The fourth-order valence-electron chi connectivity index (χ4n) is 2.22. The van der Waals surface area contributed by atoms with Crippen LogP contribution < -0.4 is 21.8 Å². The molecule has 0 spiro atoms. The highest BCUT2D eigenvalue weighted by Crippen LogP contribution is 2.32. The molecular weight excluding hydrogens is 490 g/mol. The smallest absolute Gasteiger partial charge is 0.423 e. The molecule has 3 rings (SSSR count). The summed E-state index contributed by atoms with van der Waals surface area (Å²) in [5.74, 6) is 3.71. The van der Waals surface area contributed by atoms with E-state index in [1.807, 2.05) is 0 Å². The molecule has 2 heterocycles. The van der Waals surface area contributed by atoms with Crippen LogP contribution in [0, 0.1) is 5.82 Å². The van der Waals surface area contributed by atoms with Crippen LogP contribution in [0.4, 0.5) is 17.6 Å². The van der Waals surface area contributed by atoms with Crippen molar-refractivity contribution < 1.29 is 22.3 Å². The molecule has 0 aliphatic heterocycles. The van der Waals surface area contributed by atoms with Crippen LogP contribution in [0.3, 0.4) is 0 Å². The van der Waals surface area contributed by atoms with Crippen molar-refractivity contribution in [1.29, 1.82) is 0 Å². The van der Waals surface area contributed by atoms with E-state index in [-0.39, 0.29) is 32.1 Å². The van der Waals surface area contributed by atoms with Crippen LogP contribution in [0.25, 0.3) is 5.69 Å². The molecule has 3 aromatic rings. The molecule has 8 nitrogen and oxygen atoms in total. The summed E-state index contributed by atoms with van der Waals surface area (Å²) < 4.78 is 58.7. The van der Waals surface area contributed by atoms with Gasteiger partial charge >= 0.3 is 17.9 Å². The van der Waals surface area contributed by atoms with Crippen LogP contribution in [0.1, 0.15) is 5.69 Å². The van der Waals surface area contributed by atoms with Gasteiger partial charge in [0.05, 0.1) is 15.2 Å². The minimum absolute atomic E-state index is 0.0633. The molecule has 0 atom stereocenters. The molecule has 1 aromatic carbocycles. The lowest BCUT2D eigenvalue weighted by Crippen LogP contribution is -2.45. The number of ether oxygens (including phenoxy) is 1. The van der Waals surface area contributed by atoms with Crippen molar-refractivity contribution in [1.82, 2.24) is 19.2 Å². The van der Waals surface area contributed by atoms with Crippen LogP contribution in [-0.4, -0.2) is 19.2 Å². The Morgan fingerprint density at radius 2 is 1.76 bits per heavy atom. The average Bonchev–Trinajstić information content (AvgIpc) is 2.62. The van der Waals surface area contributed by atoms with Crippen LogP contribution in [0.5, 0.6) is 11.8 Å². The molecule has 0 amide bonds. The maximum absolute atomic E-state index is 14.4. The number of hydrogen-bond donors (Lipinski definition) is 1. The third-order valence-corrected chi connectivity index (χ3v) is 4.17. The van der Waals surface area contributed by atoms with Crippen LogP contribution in [0.2, 0.25) is 5.02 Å². The average molecular weight is 497 g/mol. The number of halogens is 6. The number of nitrogens with two attached hydrogens (primary N) is 1. The first-order valence-corrected chi connectivity index (χ1v) is 8.52. The molecule has 0 radical (unpaired) electrons. The highest BCUT2D eigenvalue weighted by atomic mass is 79.9. The Balaban J connectivity index is 2.17. The normalized spacial score (nSPS) is 11.5. The van der Waals surface area contributed by atoms with E-state index >= 15 is 0 Å². The summed E-state index contributed by atoms with van der Waals surface area (Å²) in [5.41, 5.74) is -5.52. The lowest BCUT2D eigenvalue weighted by Gasteiger charge is -2.15. The minimum Gasteiger partial charge on any atom is -0.423 e. The molecule has 0 aliphatic rings. The monoisotopic (exact) mass is 495 g/mol. The van der Waals surface area contributed by atoms with E-state index in [0.717, 1.165) is 6.07 Å². The first-order chi connectivity index (χ1) is 13.5. The van der Waals surface area contributed by atoms with Crippen molar-refractivity contribution in [2.45, 2.75) is 6.18 Å². The molecule has 0 unspecified atom stereocenters. The van der Waals surface area contributed by atoms with Gasteiger partial charge in [0, 0.05) is 24.5 Å². The SMILES string of the molecule is Nn1c(C(F)(F)F)cc(=O)n(-c2cc(Oc3ncc(Br)cn3)c(Cl)cc2F)c1=O. The topological polar surface area (TPSA) is 105 Å². The first kappa shape index (κ1) is 20.8. The van der Waals surface area contributed by atoms with Crippen molar-refractivity contribution in [3.8, 4) is 17.4 Å². The Morgan fingerprint density at radius 1 is 1.14 bits per heavy atom. The summed E-state index contributed by atoms with van der Waals surface area (Å²) in [5, 5.41) is -0.272. The van der Waals surface area contributed by atoms with Crippen LogP contribution >= 0.6 is 27.5 Å². The summed E-state index contributed by atoms with van der Waals surface area (Å²) in [4.78, 5) is 32.0. The van der Waals surface area contributed by atoms with Crippen molar-refractivity contribution >= 4 is 27.5 Å². The summed E-state index contributed by atoms with van der Waals surface area (Å²) >= 11 is 9.01. The Hall–Kier alpha value is -2.93. The number of aromatic nitrogens is 4. The zero-order valence-electron chi connectivity index (χ0n) is 13.7. The van der Waals surface area contributed by atoms with Gasteiger partial charge in [0.15, 0.2) is 11.4 Å². The highest BCUT2D eigenvalue weighted by molar-refractivity contribution is 9.10. The molecule has 0 saturated heterocycles. The van der Waals surface area contributed by atoms with E-state index in [9.17, 15) is 27.2 Å². The van der Waals surface area contributed by atoms with E-state index in [4.69, 9.17) is 22.2 Å². The highest BCUT2D eigenvalue weighted by Gasteiger charge is 2.36. The molecule has 0 bridgehead atoms. The largest absolute Gasteiger partial charge is 0.433 e. The Kier molecular flexibility index (Phi) is 5.36. The second kappa shape index (κ2) is 7.48. The van der Waals surface area contributed by atoms with Gasteiger partial charge in [-0.15, -0.1) is 0 Å². The molecule has 2 N–H and O–H groups in total. The molecule has 0 fully saturated rings. The van der Waals surface area contributed by atoms with Gasteiger partial charge in [-0.2, -0.15) is 13.2 Å². The molecular formula is C15H7BrClF4N5O3. The quantitative estimate of drug-likeness (QED) is 0.442. The number of nitrogen functional groups attached to an aromatic ring is 1. The fraction of sp³-hybridized carbons (Fsp3) is 0.0667. The predicted molar refractivity (Wildman–Crippen MR) is 96.2 cm³/mol. The van der Waals surface area contributed by atoms with Gasteiger partial charge in [0.25, 0.3) is 5.56 Å². The minimum atomic E-state index is -5.07. The zero-order chi connectivity index (χ0) is 21.5. The molecule has 0 saturated carbocycles. The van der Waals surface area contributed by atoms with Crippen molar-refractivity contribution in [3.05, 3.63) is 72.4 Å². The summed E-state index contributed by atoms with van der Waals surface area (Å²) in [6.07, 6.45) is -2.39. The summed E-state index contributed by atoms with van der Waals surface area (Å²) in [6, 6.07) is 1.39. The van der Waals surface area contributed by atoms with E-state index < -0.39 is 34.6 Å². The Bertz CT molecular complexity index is 1210. The van der Waals surface area contributed by atoms with Crippen molar-refractivity contribution in [2.75, 3.05) is 5.84 Å². The van der Waals surface area contributed by atoms with E-state index in [2.05, 4.69) is 25.9 Å². The Morgan fingerprint density at radius 3 is 2.34 bits per heavy atom. The zero-order valence-corrected chi connectivity index (χ0v) is 16.1. The summed E-state index contributed by atoms with van der Waals surface area (Å²) in [6.45, 7) is 0. The van der Waals surface area contributed by atoms with Crippen molar-refractivity contribution in [3.63, 3.8) is 0 Å². The van der Waals surface area contributed by atoms with Crippen LogP contribution in [-0.2, 0) is 6.18 Å². The van der Waals surface area contributed by atoms with Crippen LogP contribution in [0.15, 0.2) is 44.7 Å². The number of benzene rings is 1. The van der Waals surface area contributed by atoms with Gasteiger partial charge in [0.1, 0.15) is 5.82 Å². The van der Waals surface area contributed by atoms with Gasteiger partial charge in [-0.25, -0.2) is 28.4 Å². The molecule has 2 aromatic heterocycles. The second-order valence-electron chi connectivity index (χ2n) is 5.37. The van der Waals surface area contributed by atoms with Gasteiger partial charge in [-0.05, 0) is 22.0 Å². The standard InChI is InChI=1S/C15H7BrClF4N5O3/c16-6-4-23-13(24-5-6)29-10-2-9(8(18)1-7(10)17)25-12(27)3-11(15(19,20)21)26(22)14(25)28/h1-5H,22H2. The number of rotatable bonds is 3. The number of hydrogen-bond acceptors (Lipinski definition) is 6. The van der Waals surface area contributed by atoms with Gasteiger partial charge in [-0.1, -0.05) is 11.6 Å². The maximum atomic E-state index is 14.4. The molecule has 0 aliphatic carbocycles. The fourth-order valence-corrected chi connectivity index (χ4v) is 2.61. The number of alkyl halides is 3. The lowest BCUT2D eigenvalue weighted by molar-refractivity contribution is -0.143. The van der Waals surface area contributed by atoms with E-state index in [1.165, 1.54) is 12.4 Å². The molecule has 14 heteroatoms. The summed E-state index contributed by atoms with van der Waals surface area (Å²) in [7, 11) is 0. The number of nitrogens with zero attached hydrogens (tertiary/aromatic N) is 4. The molecule has 152 valence electrons. The molecule has 29 heavy (non-hydrogen) atoms. The first-order valence-electron chi connectivity index (χ1n) is 7.35. The lowest BCUT2D eigenvalue weighted by atomic mass is 10.2. The third kappa shape index (κ3) is 4.10. The van der Waals surface area contributed by atoms with Gasteiger partial charge in [-0.3, -0.25) is 4.79 Å². The van der Waals surface area contributed by atoms with Crippen molar-refractivity contribution in [2.24, 2.45) is 0 Å². The van der Waals surface area contributed by atoms with Gasteiger partial charge < -0.3 is 10.6 Å². The maximum Gasteiger partial charge on any atom is 0.433 e. The second-order valence-corrected chi connectivity index (χ2v) is 6.70. The van der Waals surface area contributed by atoms with E-state index in [0.29, 0.717) is 10.5 Å². The van der Waals surface area contributed by atoms with E-state index in [1.54, 1.807) is 0 Å². The predicted octanol–water partition coefficient (Wildman–Crippen LogP) is 2.87. The Labute approximate surface area is 171 Å².